The summed E-state index contributed by atoms with van der Waals surface area (Å²) < 4.78 is 5.12. The van der Waals surface area contributed by atoms with Crippen LogP contribution in [0.5, 0.6) is 0 Å². The van der Waals surface area contributed by atoms with Gasteiger partial charge in [0, 0.05) is 0 Å². The average Bonchev–Trinajstić information content (AvgIpc) is 1.99. The molecule has 0 aliphatic carbocycles. The van der Waals surface area contributed by atoms with Gasteiger partial charge < -0.3 is 15.2 Å². The molecule has 1 atom stereocenters. The molecule has 1 amide bonds. The number of ether oxygens (including phenoxy) is 1. The largest absolute Gasteiger partial charge is 0.444 e. The highest BCUT2D eigenvalue weighted by atomic mass is 16.6. The molecule has 0 aliphatic rings. The van der Waals surface area contributed by atoms with Gasteiger partial charge in [-0.3, -0.25) is 0 Å². The van der Waals surface area contributed by atoms with Crippen molar-refractivity contribution in [3.8, 4) is 0 Å². The van der Waals surface area contributed by atoms with Crippen LogP contribution in [0.25, 0.3) is 0 Å². The maximum atomic E-state index is 11.5. The van der Waals surface area contributed by atoms with Crippen LogP contribution in [0.3, 0.4) is 0 Å². The van der Waals surface area contributed by atoms with Gasteiger partial charge in [-0.25, -0.2) is 4.79 Å². The fourth-order valence-electron chi connectivity index (χ4n) is 0.903. The Bertz CT molecular complexity index is 220. The van der Waals surface area contributed by atoms with Crippen molar-refractivity contribution in [3.05, 3.63) is 0 Å². The fourth-order valence-corrected chi connectivity index (χ4v) is 0.903. The minimum absolute atomic E-state index is 0.107. The zero-order chi connectivity index (χ0) is 12.3. The Hall–Kier alpha value is -0.770. The van der Waals surface area contributed by atoms with Crippen LogP contribution in [-0.4, -0.2) is 28.9 Å². The van der Waals surface area contributed by atoms with Gasteiger partial charge in [-0.15, -0.1) is 0 Å². The predicted octanol–water partition coefficient (Wildman–Crippen LogP) is 1.92. The van der Waals surface area contributed by atoms with Crippen molar-refractivity contribution >= 4 is 6.09 Å². The predicted molar refractivity (Wildman–Crippen MR) is 59.7 cm³/mol. The monoisotopic (exact) mass is 217 g/mol. The van der Waals surface area contributed by atoms with Gasteiger partial charge in [0.1, 0.15) is 5.60 Å². The van der Waals surface area contributed by atoms with Crippen LogP contribution >= 0.6 is 0 Å². The smallest absolute Gasteiger partial charge is 0.408 e. The number of amides is 1. The SMILES string of the molecule is CC(C)C(C)(CO)NC(=O)OC(C)(C)C. The summed E-state index contributed by atoms with van der Waals surface area (Å²) in [6.45, 7) is 11.0. The second kappa shape index (κ2) is 4.84. The van der Waals surface area contributed by atoms with Crippen LogP contribution in [0.15, 0.2) is 0 Å². The van der Waals surface area contributed by atoms with Crippen molar-refractivity contribution in [2.75, 3.05) is 6.61 Å². The van der Waals surface area contributed by atoms with Crippen LogP contribution in [0.1, 0.15) is 41.5 Å². The van der Waals surface area contributed by atoms with Crippen molar-refractivity contribution in [1.82, 2.24) is 5.32 Å². The number of carbonyl (C=O) groups is 1. The number of aliphatic hydroxyl groups is 1. The highest BCUT2D eigenvalue weighted by molar-refractivity contribution is 5.68. The third kappa shape index (κ3) is 5.02. The highest BCUT2D eigenvalue weighted by Gasteiger charge is 2.31. The van der Waals surface area contributed by atoms with Gasteiger partial charge >= 0.3 is 6.09 Å². The Labute approximate surface area is 92.0 Å². The van der Waals surface area contributed by atoms with E-state index in [-0.39, 0.29) is 12.5 Å². The molecule has 0 spiro atoms. The van der Waals surface area contributed by atoms with E-state index in [0.717, 1.165) is 0 Å². The zero-order valence-corrected chi connectivity index (χ0v) is 10.5. The maximum Gasteiger partial charge on any atom is 0.408 e. The lowest BCUT2D eigenvalue weighted by atomic mass is 9.89. The van der Waals surface area contributed by atoms with Gasteiger partial charge in [-0.05, 0) is 33.6 Å². The lowest BCUT2D eigenvalue weighted by Crippen LogP contribution is -2.53. The Morgan fingerprint density at radius 2 is 1.80 bits per heavy atom. The van der Waals surface area contributed by atoms with Gasteiger partial charge in [-0.1, -0.05) is 13.8 Å². The van der Waals surface area contributed by atoms with Crippen LogP contribution in [-0.2, 0) is 4.74 Å². The number of hydrogen-bond acceptors (Lipinski definition) is 3. The molecule has 0 rings (SSSR count). The molecule has 1 unspecified atom stereocenters. The van der Waals surface area contributed by atoms with Crippen LogP contribution in [0.4, 0.5) is 4.79 Å². The summed E-state index contributed by atoms with van der Waals surface area (Å²) in [5.41, 5.74) is -1.15. The number of rotatable bonds is 3. The second-order valence-electron chi connectivity index (χ2n) is 5.36. The van der Waals surface area contributed by atoms with Crippen LogP contribution in [0, 0.1) is 5.92 Å². The molecule has 0 aromatic carbocycles. The average molecular weight is 217 g/mol. The molecule has 0 radical (unpaired) electrons. The van der Waals surface area contributed by atoms with Crippen molar-refractivity contribution in [2.45, 2.75) is 52.7 Å². The summed E-state index contributed by atoms with van der Waals surface area (Å²) in [5.74, 6) is 0.134. The molecule has 15 heavy (non-hydrogen) atoms. The number of nitrogens with one attached hydrogen (secondary N) is 1. The standard InChI is InChI=1S/C11H23NO3/c1-8(2)11(6,7-13)12-9(14)15-10(3,4)5/h8,13H,7H2,1-6H3,(H,12,14). The summed E-state index contributed by atoms with van der Waals surface area (Å²) in [6, 6.07) is 0. The molecule has 4 heteroatoms. The highest BCUT2D eigenvalue weighted by Crippen LogP contribution is 2.16. The molecule has 0 fully saturated rings. The first-order valence-corrected chi connectivity index (χ1v) is 5.23. The van der Waals surface area contributed by atoms with Crippen molar-refractivity contribution < 1.29 is 14.6 Å². The van der Waals surface area contributed by atoms with Crippen LogP contribution < -0.4 is 5.32 Å². The molecule has 2 N–H and O–H groups in total. The van der Waals surface area contributed by atoms with E-state index in [4.69, 9.17) is 4.74 Å². The second-order valence-corrected chi connectivity index (χ2v) is 5.36. The van der Waals surface area contributed by atoms with E-state index in [1.807, 2.05) is 13.8 Å². The van der Waals surface area contributed by atoms with E-state index in [1.165, 1.54) is 0 Å². The van der Waals surface area contributed by atoms with Gasteiger partial charge in [-0.2, -0.15) is 0 Å². The molecule has 0 heterocycles. The summed E-state index contributed by atoms with van der Waals surface area (Å²) >= 11 is 0. The molecule has 0 aromatic heterocycles. The van der Waals surface area contributed by atoms with Crippen molar-refractivity contribution in [1.29, 1.82) is 0 Å². The summed E-state index contributed by atoms with van der Waals surface area (Å²) in [6.07, 6.45) is -0.493. The number of carbonyl (C=O) groups excluding carboxylic acids is 1. The van der Waals surface area contributed by atoms with E-state index < -0.39 is 17.2 Å². The third-order valence-electron chi connectivity index (χ3n) is 2.39. The maximum absolute atomic E-state index is 11.5. The van der Waals surface area contributed by atoms with Gasteiger partial charge in [0.2, 0.25) is 0 Å². The Balaban J connectivity index is 4.39. The zero-order valence-electron chi connectivity index (χ0n) is 10.5. The summed E-state index contributed by atoms with van der Waals surface area (Å²) in [5, 5.41) is 11.9. The Morgan fingerprint density at radius 1 is 1.33 bits per heavy atom. The number of alkyl carbamates (subject to hydrolysis) is 1. The van der Waals surface area contributed by atoms with E-state index in [2.05, 4.69) is 5.32 Å². The lowest BCUT2D eigenvalue weighted by molar-refractivity contribution is 0.0360. The molecule has 4 nitrogen and oxygen atoms in total. The molecule has 0 saturated heterocycles. The third-order valence-corrected chi connectivity index (χ3v) is 2.39. The minimum Gasteiger partial charge on any atom is -0.444 e. The Morgan fingerprint density at radius 3 is 2.07 bits per heavy atom. The first-order valence-electron chi connectivity index (χ1n) is 5.23. The molecule has 0 bridgehead atoms. The van der Waals surface area contributed by atoms with E-state index >= 15 is 0 Å². The quantitative estimate of drug-likeness (QED) is 0.759. The fraction of sp³-hybridized carbons (Fsp3) is 0.909. The van der Waals surface area contributed by atoms with Crippen LogP contribution in [0.2, 0.25) is 0 Å². The molecule has 0 aliphatic heterocycles. The first kappa shape index (κ1) is 14.2. The van der Waals surface area contributed by atoms with Gasteiger partial charge in [0.05, 0.1) is 12.1 Å². The number of aliphatic hydroxyl groups excluding tert-OH is 1. The number of hydrogen-bond donors (Lipinski definition) is 2. The molecular weight excluding hydrogens is 194 g/mol. The molecule has 0 saturated carbocycles. The van der Waals surface area contributed by atoms with Crippen molar-refractivity contribution in [2.24, 2.45) is 5.92 Å². The molecular formula is C11H23NO3. The van der Waals surface area contributed by atoms with Crippen molar-refractivity contribution in [3.63, 3.8) is 0 Å². The summed E-state index contributed by atoms with van der Waals surface area (Å²) in [7, 11) is 0. The van der Waals surface area contributed by atoms with E-state index in [9.17, 15) is 9.90 Å². The molecule has 0 aromatic rings. The lowest BCUT2D eigenvalue weighted by Gasteiger charge is -2.33. The normalized spacial score (nSPS) is 16.0. The van der Waals surface area contributed by atoms with Gasteiger partial charge in [0.25, 0.3) is 0 Å². The first-order chi connectivity index (χ1) is 6.60. The van der Waals surface area contributed by atoms with E-state index in [1.54, 1.807) is 27.7 Å². The topological polar surface area (TPSA) is 58.6 Å². The minimum atomic E-state index is -0.637. The van der Waals surface area contributed by atoms with Gasteiger partial charge in [0.15, 0.2) is 0 Å². The Kier molecular flexibility index (Phi) is 4.59. The summed E-state index contributed by atoms with van der Waals surface area (Å²) in [4.78, 5) is 11.5. The molecule has 90 valence electrons. The van der Waals surface area contributed by atoms with E-state index in [0.29, 0.717) is 0 Å².